The van der Waals surface area contributed by atoms with Gasteiger partial charge >= 0.3 is 0 Å². The van der Waals surface area contributed by atoms with Gasteiger partial charge in [-0.3, -0.25) is 0 Å². The van der Waals surface area contributed by atoms with Crippen LogP contribution in [0.25, 0.3) is 0 Å². The lowest BCUT2D eigenvalue weighted by Gasteiger charge is -2.21. The zero-order chi connectivity index (χ0) is 14.1. The first-order valence-corrected chi connectivity index (χ1v) is 7.55. The molecule has 1 N–H and O–H groups in total. The van der Waals surface area contributed by atoms with Crippen molar-refractivity contribution >= 4 is 12.4 Å². The summed E-state index contributed by atoms with van der Waals surface area (Å²) in [5, 5.41) is 3.68. The zero-order valence-electron chi connectivity index (χ0n) is 13.3. The number of ether oxygens (including phenoxy) is 1. The molecule has 0 aliphatic heterocycles. The van der Waals surface area contributed by atoms with Gasteiger partial charge in [0.2, 0.25) is 0 Å². The standard InChI is InChI=1S/C17H29NO.ClH/c1-5-6-7-10-14(2)18-15(3)13-16-11-8-9-12-17(16)19-4;/h8-9,11-12,14-15,18H,5-7,10,13H2,1-4H3;1H. The quantitative estimate of drug-likeness (QED) is 0.673. The monoisotopic (exact) mass is 299 g/mol. The van der Waals surface area contributed by atoms with E-state index in [-0.39, 0.29) is 12.4 Å². The molecule has 0 aromatic heterocycles. The number of unbranched alkanes of at least 4 members (excludes halogenated alkanes) is 2. The number of rotatable bonds is 9. The number of methoxy groups -OCH3 is 1. The Bertz CT molecular complexity index is 357. The van der Waals surface area contributed by atoms with Gasteiger partial charge in [0, 0.05) is 12.1 Å². The molecule has 0 saturated carbocycles. The molecule has 0 heterocycles. The maximum absolute atomic E-state index is 5.40. The number of benzene rings is 1. The highest BCUT2D eigenvalue weighted by molar-refractivity contribution is 5.85. The van der Waals surface area contributed by atoms with E-state index in [2.05, 4.69) is 38.2 Å². The van der Waals surface area contributed by atoms with Crippen molar-refractivity contribution in [3.8, 4) is 5.75 Å². The van der Waals surface area contributed by atoms with Crippen molar-refractivity contribution in [1.82, 2.24) is 5.32 Å². The van der Waals surface area contributed by atoms with Crippen LogP contribution in [0.3, 0.4) is 0 Å². The average Bonchev–Trinajstić information content (AvgIpc) is 2.39. The second-order valence-corrected chi connectivity index (χ2v) is 5.48. The van der Waals surface area contributed by atoms with Crippen LogP contribution in [0.15, 0.2) is 24.3 Å². The van der Waals surface area contributed by atoms with Gasteiger partial charge in [0.15, 0.2) is 0 Å². The third kappa shape index (κ3) is 7.16. The minimum Gasteiger partial charge on any atom is -0.496 e. The van der Waals surface area contributed by atoms with Gasteiger partial charge in [0.05, 0.1) is 7.11 Å². The third-order valence-corrected chi connectivity index (χ3v) is 3.53. The maximum atomic E-state index is 5.40. The molecule has 116 valence electrons. The first kappa shape index (κ1) is 19.3. The van der Waals surface area contributed by atoms with Gasteiger partial charge < -0.3 is 10.1 Å². The number of para-hydroxylation sites is 1. The van der Waals surface area contributed by atoms with E-state index in [1.54, 1.807) is 7.11 Å². The summed E-state index contributed by atoms with van der Waals surface area (Å²) in [4.78, 5) is 0. The van der Waals surface area contributed by atoms with Crippen LogP contribution in [0, 0.1) is 0 Å². The number of hydrogen-bond donors (Lipinski definition) is 1. The SMILES string of the molecule is CCCCCC(C)NC(C)Cc1ccccc1OC.Cl. The minimum atomic E-state index is 0. The smallest absolute Gasteiger partial charge is 0.122 e. The highest BCUT2D eigenvalue weighted by Gasteiger charge is 2.10. The van der Waals surface area contributed by atoms with E-state index in [1.807, 2.05) is 12.1 Å². The fourth-order valence-electron chi connectivity index (χ4n) is 2.53. The van der Waals surface area contributed by atoms with Crippen molar-refractivity contribution < 1.29 is 4.74 Å². The highest BCUT2D eigenvalue weighted by atomic mass is 35.5. The molecule has 3 heteroatoms. The molecule has 0 radical (unpaired) electrons. The van der Waals surface area contributed by atoms with E-state index < -0.39 is 0 Å². The molecule has 0 spiro atoms. The van der Waals surface area contributed by atoms with Gasteiger partial charge in [-0.05, 0) is 38.3 Å². The van der Waals surface area contributed by atoms with Gasteiger partial charge in [-0.1, -0.05) is 44.4 Å². The van der Waals surface area contributed by atoms with E-state index >= 15 is 0 Å². The van der Waals surface area contributed by atoms with Gasteiger partial charge in [0.25, 0.3) is 0 Å². The Morgan fingerprint density at radius 1 is 1.10 bits per heavy atom. The molecule has 2 unspecified atom stereocenters. The molecule has 1 rings (SSSR count). The summed E-state index contributed by atoms with van der Waals surface area (Å²) < 4.78 is 5.40. The lowest BCUT2D eigenvalue weighted by atomic mass is 10.0. The van der Waals surface area contributed by atoms with Crippen LogP contribution in [-0.4, -0.2) is 19.2 Å². The van der Waals surface area contributed by atoms with Gasteiger partial charge in [0.1, 0.15) is 5.75 Å². The number of halogens is 1. The second kappa shape index (κ2) is 11.0. The van der Waals surface area contributed by atoms with Crippen LogP contribution >= 0.6 is 12.4 Å². The van der Waals surface area contributed by atoms with E-state index in [0.29, 0.717) is 12.1 Å². The molecule has 0 amide bonds. The van der Waals surface area contributed by atoms with Crippen molar-refractivity contribution in [2.75, 3.05) is 7.11 Å². The summed E-state index contributed by atoms with van der Waals surface area (Å²) in [5.41, 5.74) is 1.28. The molecule has 1 aromatic carbocycles. The molecule has 20 heavy (non-hydrogen) atoms. The summed E-state index contributed by atoms with van der Waals surface area (Å²) in [5.74, 6) is 0.995. The zero-order valence-corrected chi connectivity index (χ0v) is 14.1. The molecule has 1 aromatic rings. The molecular weight excluding hydrogens is 270 g/mol. The van der Waals surface area contributed by atoms with Crippen LogP contribution in [0.2, 0.25) is 0 Å². The average molecular weight is 300 g/mol. The molecular formula is C17H30ClNO. The Morgan fingerprint density at radius 3 is 2.45 bits per heavy atom. The molecule has 0 saturated heterocycles. The van der Waals surface area contributed by atoms with Crippen LogP contribution < -0.4 is 10.1 Å². The predicted molar refractivity (Wildman–Crippen MR) is 90.1 cm³/mol. The summed E-state index contributed by atoms with van der Waals surface area (Å²) in [6.07, 6.45) is 6.24. The second-order valence-electron chi connectivity index (χ2n) is 5.48. The van der Waals surface area contributed by atoms with Gasteiger partial charge in [-0.15, -0.1) is 12.4 Å². The lowest BCUT2D eigenvalue weighted by molar-refractivity contribution is 0.398. The normalized spacial score (nSPS) is 13.4. The van der Waals surface area contributed by atoms with Crippen molar-refractivity contribution in [2.24, 2.45) is 0 Å². The Kier molecular flexibility index (Phi) is 10.6. The molecule has 0 bridgehead atoms. The van der Waals surface area contributed by atoms with Crippen LogP contribution in [0.1, 0.15) is 52.0 Å². The number of hydrogen-bond acceptors (Lipinski definition) is 2. The van der Waals surface area contributed by atoms with E-state index in [1.165, 1.54) is 31.2 Å². The van der Waals surface area contributed by atoms with E-state index in [9.17, 15) is 0 Å². The van der Waals surface area contributed by atoms with Crippen LogP contribution in [0.5, 0.6) is 5.75 Å². The van der Waals surface area contributed by atoms with Crippen LogP contribution in [-0.2, 0) is 6.42 Å². The fourth-order valence-corrected chi connectivity index (χ4v) is 2.53. The largest absolute Gasteiger partial charge is 0.496 e. The maximum Gasteiger partial charge on any atom is 0.122 e. The Morgan fingerprint density at radius 2 is 1.80 bits per heavy atom. The topological polar surface area (TPSA) is 21.3 Å². The minimum absolute atomic E-state index is 0. The Labute approximate surface area is 130 Å². The van der Waals surface area contributed by atoms with Crippen LogP contribution in [0.4, 0.5) is 0 Å². The Hall–Kier alpha value is -0.730. The van der Waals surface area contributed by atoms with E-state index in [0.717, 1.165) is 12.2 Å². The summed E-state index contributed by atoms with van der Waals surface area (Å²) in [7, 11) is 1.74. The molecule has 0 aliphatic carbocycles. The molecule has 0 fully saturated rings. The molecule has 2 nitrogen and oxygen atoms in total. The van der Waals surface area contributed by atoms with Crippen molar-refractivity contribution in [2.45, 2.75) is 65.0 Å². The lowest BCUT2D eigenvalue weighted by Crippen LogP contribution is -2.35. The first-order valence-electron chi connectivity index (χ1n) is 7.55. The Balaban J connectivity index is 0.00000361. The summed E-state index contributed by atoms with van der Waals surface area (Å²) in [6, 6.07) is 9.36. The number of nitrogens with one attached hydrogen (secondary N) is 1. The van der Waals surface area contributed by atoms with Crippen molar-refractivity contribution in [3.63, 3.8) is 0 Å². The first-order chi connectivity index (χ1) is 9.17. The van der Waals surface area contributed by atoms with Crippen molar-refractivity contribution in [3.05, 3.63) is 29.8 Å². The van der Waals surface area contributed by atoms with Crippen molar-refractivity contribution in [1.29, 1.82) is 0 Å². The predicted octanol–water partition coefficient (Wildman–Crippen LogP) is 4.61. The summed E-state index contributed by atoms with van der Waals surface area (Å²) in [6.45, 7) is 6.79. The van der Waals surface area contributed by atoms with E-state index in [4.69, 9.17) is 4.74 Å². The molecule has 2 atom stereocenters. The van der Waals surface area contributed by atoms with Gasteiger partial charge in [-0.2, -0.15) is 0 Å². The highest BCUT2D eigenvalue weighted by Crippen LogP contribution is 2.19. The third-order valence-electron chi connectivity index (χ3n) is 3.53. The molecule has 0 aliphatic rings. The summed E-state index contributed by atoms with van der Waals surface area (Å²) >= 11 is 0. The fraction of sp³-hybridized carbons (Fsp3) is 0.647. The van der Waals surface area contributed by atoms with Gasteiger partial charge in [-0.25, -0.2) is 0 Å².